The minimum Gasteiger partial charge on any atom is -0.465 e. The summed E-state index contributed by atoms with van der Waals surface area (Å²) in [6.45, 7) is 2.85. The van der Waals surface area contributed by atoms with Crippen LogP contribution in [0.3, 0.4) is 0 Å². The fraction of sp³-hybridized carbons (Fsp3) is 0.192. The van der Waals surface area contributed by atoms with Gasteiger partial charge in [0.25, 0.3) is 11.5 Å². The lowest BCUT2D eigenvalue weighted by molar-refractivity contribution is 0.0600. The van der Waals surface area contributed by atoms with Crippen molar-refractivity contribution in [2.75, 3.05) is 13.7 Å². The number of carbonyl (C=O) groups excluding carboxylic acids is 2. The van der Waals surface area contributed by atoms with Gasteiger partial charge in [-0.25, -0.2) is 4.79 Å². The van der Waals surface area contributed by atoms with Gasteiger partial charge in [-0.05, 0) is 48.9 Å². The molecule has 0 unspecified atom stereocenters. The number of H-pyrrole nitrogens is 2. The monoisotopic (exact) mass is 441 g/mol. The second-order valence-electron chi connectivity index (χ2n) is 8.30. The van der Waals surface area contributed by atoms with Crippen LogP contribution >= 0.6 is 0 Å². The van der Waals surface area contributed by atoms with Crippen LogP contribution in [-0.2, 0) is 17.7 Å². The molecule has 0 radical (unpaired) electrons. The lowest BCUT2D eigenvalue weighted by Gasteiger charge is -2.27. The van der Waals surface area contributed by atoms with Gasteiger partial charge in [0.2, 0.25) is 0 Å². The maximum Gasteiger partial charge on any atom is 0.337 e. The van der Waals surface area contributed by atoms with Gasteiger partial charge in [-0.15, -0.1) is 0 Å². The Hall–Kier alpha value is -4.13. The van der Waals surface area contributed by atoms with Crippen molar-refractivity contribution in [3.63, 3.8) is 0 Å². The van der Waals surface area contributed by atoms with E-state index in [0.29, 0.717) is 30.8 Å². The SMILES string of the molecule is COC(=O)c1ccc2[nH]c3c(c2c1)CN(C(=O)c1ccc(-c2cccc(C)c2)[nH]c1=O)CC3. The van der Waals surface area contributed by atoms with Gasteiger partial charge in [0.1, 0.15) is 5.56 Å². The number of benzene rings is 2. The normalized spacial score (nSPS) is 13.1. The van der Waals surface area contributed by atoms with Gasteiger partial charge in [0.15, 0.2) is 0 Å². The van der Waals surface area contributed by atoms with Gasteiger partial charge in [-0.1, -0.05) is 23.8 Å². The number of ether oxygens (including phenoxy) is 1. The predicted octanol–water partition coefficient (Wildman–Crippen LogP) is 3.82. The highest BCUT2D eigenvalue weighted by Crippen LogP contribution is 2.29. The summed E-state index contributed by atoms with van der Waals surface area (Å²) in [6.07, 6.45) is 0.641. The molecule has 2 N–H and O–H groups in total. The lowest BCUT2D eigenvalue weighted by atomic mass is 10.0. The van der Waals surface area contributed by atoms with E-state index in [0.717, 1.165) is 33.3 Å². The zero-order valence-corrected chi connectivity index (χ0v) is 18.4. The average molecular weight is 441 g/mol. The number of nitrogens with zero attached hydrogens (tertiary/aromatic N) is 1. The Morgan fingerprint density at radius 3 is 2.64 bits per heavy atom. The number of carbonyl (C=O) groups is 2. The number of rotatable bonds is 3. The maximum absolute atomic E-state index is 13.2. The summed E-state index contributed by atoms with van der Waals surface area (Å²) in [6, 6.07) is 16.5. The van der Waals surface area contributed by atoms with Gasteiger partial charge >= 0.3 is 5.97 Å². The third-order valence-corrected chi connectivity index (χ3v) is 6.15. The zero-order valence-electron chi connectivity index (χ0n) is 18.4. The van der Waals surface area contributed by atoms with Crippen molar-refractivity contribution in [1.29, 1.82) is 0 Å². The van der Waals surface area contributed by atoms with Crippen LogP contribution in [0.15, 0.2) is 59.4 Å². The van der Waals surface area contributed by atoms with E-state index >= 15 is 0 Å². The molecule has 7 nitrogen and oxygen atoms in total. The first-order valence-electron chi connectivity index (χ1n) is 10.8. The van der Waals surface area contributed by atoms with E-state index in [9.17, 15) is 14.4 Å². The molecule has 0 saturated carbocycles. The Labute approximate surface area is 190 Å². The first-order valence-corrected chi connectivity index (χ1v) is 10.8. The number of aromatic nitrogens is 2. The number of pyridine rings is 1. The summed E-state index contributed by atoms with van der Waals surface area (Å²) >= 11 is 0. The molecule has 0 spiro atoms. The van der Waals surface area contributed by atoms with Crippen molar-refractivity contribution in [2.24, 2.45) is 0 Å². The van der Waals surface area contributed by atoms with Crippen LogP contribution in [0.25, 0.3) is 22.2 Å². The zero-order chi connectivity index (χ0) is 23.1. The van der Waals surface area contributed by atoms with Crippen LogP contribution in [0, 0.1) is 6.92 Å². The standard InChI is InChI=1S/C26H23N3O4/c1-15-4-3-5-16(12-15)21-9-7-18(24(30)28-21)25(31)29-11-10-23-20(14-29)19-13-17(26(32)33-2)6-8-22(19)27-23/h3-9,12-13,27H,10-11,14H2,1-2H3,(H,28,30). The highest BCUT2D eigenvalue weighted by Gasteiger charge is 2.26. The fourth-order valence-corrected chi connectivity index (χ4v) is 4.43. The third kappa shape index (κ3) is 3.71. The van der Waals surface area contributed by atoms with Crippen molar-refractivity contribution in [3.05, 3.63) is 92.9 Å². The van der Waals surface area contributed by atoms with Crippen molar-refractivity contribution < 1.29 is 14.3 Å². The first kappa shape index (κ1) is 20.8. The highest BCUT2D eigenvalue weighted by molar-refractivity contribution is 5.97. The van der Waals surface area contributed by atoms with Crippen molar-refractivity contribution in [2.45, 2.75) is 19.9 Å². The van der Waals surface area contributed by atoms with Crippen LogP contribution in [0.5, 0.6) is 0 Å². The summed E-state index contributed by atoms with van der Waals surface area (Å²) in [5.74, 6) is -0.716. The largest absolute Gasteiger partial charge is 0.465 e. The number of aryl methyl sites for hydroxylation is 1. The Morgan fingerprint density at radius 1 is 1.03 bits per heavy atom. The first-order chi connectivity index (χ1) is 15.9. The second-order valence-corrected chi connectivity index (χ2v) is 8.30. The number of nitrogens with one attached hydrogen (secondary N) is 2. The van der Waals surface area contributed by atoms with E-state index in [4.69, 9.17) is 4.74 Å². The molecule has 0 fully saturated rings. The van der Waals surface area contributed by atoms with Gasteiger partial charge in [-0.3, -0.25) is 9.59 Å². The van der Waals surface area contributed by atoms with Crippen LogP contribution in [0.4, 0.5) is 0 Å². The Balaban J connectivity index is 1.44. The second kappa shape index (κ2) is 8.09. The molecule has 0 saturated heterocycles. The molecule has 1 aliphatic rings. The number of esters is 1. The number of methoxy groups -OCH3 is 1. The van der Waals surface area contributed by atoms with E-state index in [1.807, 2.05) is 37.3 Å². The number of fused-ring (bicyclic) bond motifs is 3. The molecule has 5 rings (SSSR count). The van der Waals surface area contributed by atoms with E-state index in [-0.39, 0.29) is 11.5 Å². The lowest BCUT2D eigenvalue weighted by Crippen LogP contribution is -2.38. The molecular formula is C26H23N3O4. The topological polar surface area (TPSA) is 95.3 Å². The molecule has 4 aromatic rings. The predicted molar refractivity (Wildman–Crippen MR) is 125 cm³/mol. The van der Waals surface area contributed by atoms with Crippen LogP contribution < -0.4 is 5.56 Å². The summed E-state index contributed by atoms with van der Waals surface area (Å²) in [5.41, 5.74) is 5.74. The molecule has 1 amide bonds. The van der Waals surface area contributed by atoms with E-state index in [1.165, 1.54) is 7.11 Å². The van der Waals surface area contributed by atoms with E-state index < -0.39 is 11.5 Å². The van der Waals surface area contributed by atoms with Crippen LogP contribution in [0.1, 0.15) is 37.5 Å². The van der Waals surface area contributed by atoms with E-state index in [1.54, 1.807) is 29.2 Å². The summed E-state index contributed by atoms with van der Waals surface area (Å²) in [4.78, 5) is 45.9. The number of aromatic amines is 2. The van der Waals surface area contributed by atoms with Gasteiger partial charge in [0, 0.05) is 47.4 Å². The highest BCUT2D eigenvalue weighted by atomic mass is 16.5. The molecule has 1 aliphatic heterocycles. The molecule has 2 aromatic heterocycles. The molecule has 0 bridgehead atoms. The summed E-state index contributed by atoms with van der Waals surface area (Å²) in [7, 11) is 1.35. The minimum absolute atomic E-state index is 0.116. The number of hydrogen-bond donors (Lipinski definition) is 2. The van der Waals surface area contributed by atoms with Crippen LogP contribution in [0.2, 0.25) is 0 Å². The fourth-order valence-electron chi connectivity index (χ4n) is 4.43. The molecule has 3 heterocycles. The Bertz CT molecular complexity index is 1460. The Kier molecular flexibility index (Phi) is 5.09. The van der Waals surface area contributed by atoms with Crippen LogP contribution in [-0.4, -0.2) is 40.4 Å². The molecule has 33 heavy (non-hydrogen) atoms. The molecule has 166 valence electrons. The average Bonchev–Trinajstić information content (AvgIpc) is 3.20. The third-order valence-electron chi connectivity index (χ3n) is 6.15. The number of amides is 1. The van der Waals surface area contributed by atoms with Gasteiger partial charge < -0.3 is 19.6 Å². The molecular weight excluding hydrogens is 418 g/mol. The van der Waals surface area contributed by atoms with Crippen molar-refractivity contribution in [1.82, 2.24) is 14.9 Å². The summed E-state index contributed by atoms with van der Waals surface area (Å²) in [5, 5.41) is 0.883. The van der Waals surface area contributed by atoms with E-state index in [2.05, 4.69) is 9.97 Å². The Morgan fingerprint density at radius 2 is 1.88 bits per heavy atom. The van der Waals surface area contributed by atoms with Crippen molar-refractivity contribution >= 4 is 22.8 Å². The smallest absolute Gasteiger partial charge is 0.337 e. The quantitative estimate of drug-likeness (QED) is 0.473. The maximum atomic E-state index is 13.2. The molecule has 0 atom stereocenters. The molecule has 0 aliphatic carbocycles. The van der Waals surface area contributed by atoms with Gasteiger partial charge in [-0.2, -0.15) is 0 Å². The molecule has 7 heteroatoms. The van der Waals surface area contributed by atoms with Crippen molar-refractivity contribution in [3.8, 4) is 11.3 Å². The molecule has 2 aromatic carbocycles. The number of hydrogen-bond acceptors (Lipinski definition) is 4. The van der Waals surface area contributed by atoms with Gasteiger partial charge in [0.05, 0.1) is 12.7 Å². The minimum atomic E-state index is -0.407. The summed E-state index contributed by atoms with van der Waals surface area (Å²) < 4.78 is 4.83.